The van der Waals surface area contributed by atoms with Gasteiger partial charge >= 0.3 is 0 Å². The van der Waals surface area contributed by atoms with Crippen LogP contribution in [-0.2, 0) is 21.1 Å². The van der Waals surface area contributed by atoms with Crippen molar-refractivity contribution >= 4 is 26.6 Å². The molecule has 6 heteroatoms. The van der Waals surface area contributed by atoms with E-state index < -0.39 is 9.84 Å². The van der Waals surface area contributed by atoms with Gasteiger partial charge in [0.05, 0.1) is 10.6 Å². The lowest BCUT2D eigenvalue weighted by Crippen LogP contribution is -2.22. The fourth-order valence-corrected chi connectivity index (χ4v) is 3.86. The number of hydrogen-bond donors (Lipinski definition) is 2. The summed E-state index contributed by atoms with van der Waals surface area (Å²) >= 11 is 0. The molecule has 22 heavy (non-hydrogen) atoms. The molecule has 0 saturated heterocycles. The van der Waals surface area contributed by atoms with E-state index in [2.05, 4.69) is 10.3 Å². The molecule has 120 valence electrons. The number of fused-ring (bicyclic) bond motifs is 1. The van der Waals surface area contributed by atoms with Gasteiger partial charge in [-0.05, 0) is 36.6 Å². The van der Waals surface area contributed by atoms with Crippen LogP contribution in [0, 0.1) is 0 Å². The summed E-state index contributed by atoms with van der Waals surface area (Å²) in [5, 5.41) is 3.66. The molecule has 0 radical (unpaired) electrons. The molecule has 1 heterocycles. The zero-order valence-corrected chi connectivity index (χ0v) is 13.8. The fraction of sp³-hybridized carbons (Fsp3) is 0.438. The lowest BCUT2D eigenvalue weighted by molar-refractivity contribution is -0.118. The average molecular weight is 322 g/mol. The average Bonchev–Trinajstić information content (AvgIpc) is 2.87. The van der Waals surface area contributed by atoms with Crippen molar-refractivity contribution in [1.29, 1.82) is 0 Å². The minimum absolute atomic E-state index is 0.0670. The van der Waals surface area contributed by atoms with Crippen LogP contribution < -0.4 is 5.32 Å². The third-order valence-corrected chi connectivity index (χ3v) is 5.43. The van der Waals surface area contributed by atoms with Gasteiger partial charge in [-0.3, -0.25) is 4.79 Å². The molecule has 5 nitrogen and oxygen atoms in total. The second kappa shape index (κ2) is 6.96. The summed E-state index contributed by atoms with van der Waals surface area (Å²) in [5.74, 6) is 0.114. The number of benzene rings is 1. The first kappa shape index (κ1) is 16.5. The highest BCUT2D eigenvalue weighted by Gasteiger charge is 2.15. The third-order valence-electron chi connectivity index (χ3n) is 3.63. The van der Waals surface area contributed by atoms with Crippen LogP contribution in [0.1, 0.15) is 32.3 Å². The maximum absolute atomic E-state index is 12.3. The summed E-state index contributed by atoms with van der Waals surface area (Å²) in [5.41, 5.74) is 1.92. The normalized spacial score (nSPS) is 11.7. The van der Waals surface area contributed by atoms with E-state index in [0.29, 0.717) is 24.3 Å². The van der Waals surface area contributed by atoms with Gasteiger partial charge < -0.3 is 10.3 Å². The SMILES string of the molecule is CCCCS(=O)(=O)c1ccc2[nH]cc(CCNC(C)=O)c2c1. The smallest absolute Gasteiger partial charge is 0.216 e. The number of amides is 1. The second-order valence-corrected chi connectivity index (χ2v) is 7.54. The number of aromatic nitrogens is 1. The minimum Gasteiger partial charge on any atom is -0.361 e. The number of rotatable bonds is 7. The maximum Gasteiger partial charge on any atom is 0.216 e. The number of carbonyl (C=O) groups is 1. The van der Waals surface area contributed by atoms with Gasteiger partial charge in [0.2, 0.25) is 5.91 Å². The van der Waals surface area contributed by atoms with Crippen molar-refractivity contribution in [1.82, 2.24) is 10.3 Å². The molecule has 0 unspecified atom stereocenters. The van der Waals surface area contributed by atoms with E-state index in [0.717, 1.165) is 22.9 Å². The van der Waals surface area contributed by atoms with Crippen molar-refractivity contribution in [3.8, 4) is 0 Å². The summed E-state index contributed by atoms with van der Waals surface area (Å²) in [6.07, 6.45) is 4.06. The molecule has 1 amide bonds. The van der Waals surface area contributed by atoms with Crippen LogP contribution in [0.2, 0.25) is 0 Å². The van der Waals surface area contributed by atoms with Gasteiger partial charge in [-0.2, -0.15) is 0 Å². The Morgan fingerprint density at radius 2 is 2.09 bits per heavy atom. The van der Waals surface area contributed by atoms with Gasteiger partial charge in [0.15, 0.2) is 9.84 Å². The molecule has 0 aliphatic heterocycles. The van der Waals surface area contributed by atoms with Gasteiger partial charge in [0.1, 0.15) is 0 Å². The number of aromatic amines is 1. The van der Waals surface area contributed by atoms with E-state index in [1.807, 2.05) is 13.1 Å². The maximum atomic E-state index is 12.3. The Morgan fingerprint density at radius 1 is 1.32 bits per heavy atom. The molecule has 0 saturated carbocycles. The van der Waals surface area contributed by atoms with Crippen LogP contribution >= 0.6 is 0 Å². The molecule has 0 spiro atoms. The molecule has 0 aliphatic carbocycles. The largest absolute Gasteiger partial charge is 0.361 e. The van der Waals surface area contributed by atoms with Crippen molar-refractivity contribution in [3.05, 3.63) is 30.0 Å². The van der Waals surface area contributed by atoms with Gasteiger partial charge in [-0.25, -0.2) is 8.42 Å². The van der Waals surface area contributed by atoms with Crippen molar-refractivity contribution in [2.75, 3.05) is 12.3 Å². The molecule has 2 rings (SSSR count). The van der Waals surface area contributed by atoms with Gasteiger partial charge in [-0.1, -0.05) is 13.3 Å². The van der Waals surface area contributed by atoms with Crippen LogP contribution in [0.25, 0.3) is 10.9 Å². The van der Waals surface area contributed by atoms with E-state index >= 15 is 0 Å². The molecule has 1 aromatic heterocycles. The first-order chi connectivity index (χ1) is 10.4. The van der Waals surface area contributed by atoms with Gasteiger partial charge in [0.25, 0.3) is 0 Å². The Kier molecular flexibility index (Phi) is 5.24. The number of unbranched alkanes of at least 4 members (excludes halogenated alkanes) is 1. The Balaban J connectivity index is 2.26. The Hall–Kier alpha value is -1.82. The van der Waals surface area contributed by atoms with Gasteiger partial charge in [0, 0.05) is 30.6 Å². The molecule has 0 atom stereocenters. The highest BCUT2D eigenvalue weighted by Crippen LogP contribution is 2.23. The van der Waals surface area contributed by atoms with Crippen molar-refractivity contribution in [2.24, 2.45) is 0 Å². The lowest BCUT2D eigenvalue weighted by atomic mass is 10.1. The van der Waals surface area contributed by atoms with Crippen molar-refractivity contribution in [2.45, 2.75) is 38.0 Å². The van der Waals surface area contributed by atoms with E-state index in [-0.39, 0.29) is 11.7 Å². The highest BCUT2D eigenvalue weighted by molar-refractivity contribution is 7.91. The number of carbonyl (C=O) groups excluding carboxylic acids is 1. The van der Waals surface area contributed by atoms with Crippen molar-refractivity contribution < 1.29 is 13.2 Å². The second-order valence-electron chi connectivity index (χ2n) is 5.43. The Labute approximate surface area is 131 Å². The Bertz CT molecular complexity index is 763. The quantitative estimate of drug-likeness (QED) is 0.821. The van der Waals surface area contributed by atoms with Crippen LogP contribution in [-0.4, -0.2) is 31.6 Å². The highest BCUT2D eigenvalue weighted by atomic mass is 32.2. The van der Waals surface area contributed by atoms with E-state index in [9.17, 15) is 13.2 Å². The van der Waals surface area contributed by atoms with E-state index in [1.165, 1.54) is 6.92 Å². The number of nitrogens with one attached hydrogen (secondary N) is 2. The molecular formula is C16H22N2O3S. The standard InChI is InChI=1S/C16H22N2O3S/c1-3-4-9-22(20,21)14-5-6-16-15(10-14)13(11-18-16)7-8-17-12(2)19/h5-6,10-11,18H,3-4,7-9H2,1-2H3,(H,17,19). The van der Waals surface area contributed by atoms with Crippen LogP contribution in [0.3, 0.4) is 0 Å². The number of H-pyrrole nitrogens is 1. The number of hydrogen-bond acceptors (Lipinski definition) is 3. The van der Waals surface area contributed by atoms with E-state index in [1.54, 1.807) is 18.2 Å². The zero-order chi connectivity index (χ0) is 16.2. The van der Waals surface area contributed by atoms with Gasteiger partial charge in [-0.15, -0.1) is 0 Å². The summed E-state index contributed by atoms with van der Waals surface area (Å²) in [7, 11) is -3.23. The van der Waals surface area contributed by atoms with Crippen LogP contribution in [0.15, 0.2) is 29.3 Å². The molecule has 2 aromatic rings. The molecule has 0 aliphatic rings. The monoisotopic (exact) mass is 322 g/mol. The summed E-state index contributed by atoms with van der Waals surface area (Å²) in [6, 6.07) is 5.19. The third kappa shape index (κ3) is 3.88. The molecule has 0 fully saturated rings. The molecule has 2 N–H and O–H groups in total. The first-order valence-electron chi connectivity index (χ1n) is 7.51. The summed E-state index contributed by atoms with van der Waals surface area (Å²) in [6.45, 7) is 3.99. The minimum atomic E-state index is -3.23. The molecule has 0 bridgehead atoms. The summed E-state index contributed by atoms with van der Waals surface area (Å²) < 4.78 is 24.6. The van der Waals surface area contributed by atoms with Crippen LogP contribution in [0.4, 0.5) is 0 Å². The number of sulfone groups is 1. The lowest BCUT2D eigenvalue weighted by Gasteiger charge is -2.05. The molecular weight excluding hydrogens is 300 g/mol. The predicted molar refractivity (Wildman–Crippen MR) is 87.6 cm³/mol. The molecule has 1 aromatic carbocycles. The predicted octanol–water partition coefficient (Wildman–Crippen LogP) is 2.42. The Morgan fingerprint density at radius 3 is 2.77 bits per heavy atom. The topological polar surface area (TPSA) is 79.0 Å². The fourth-order valence-electron chi connectivity index (χ4n) is 2.38. The van der Waals surface area contributed by atoms with Crippen LogP contribution in [0.5, 0.6) is 0 Å². The summed E-state index contributed by atoms with van der Waals surface area (Å²) in [4.78, 5) is 14.4. The van der Waals surface area contributed by atoms with Crippen molar-refractivity contribution in [3.63, 3.8) is 0 Å². The zero-order valence-electron chi connectivity index (χ0n) is 13.0. The first-order valence-corrected chi connectivity index (χ1v) is 9.16. The van der Waals surface area contributed by atoms with E-state index in [4.69, 9.17) is 0 Å².